The van der Waals surface area contributed by atoms with Gasteiger partial charge >= 0.3 is 5.97 Å². The average molecular weight is 436 g/mol. The van der Waals surface area contributed by atoms with E-state index in [4.69, 9.17) is 9.15 Å². The minimum atomic E-state index is -0.611. The minimum Gasteiger partial charge on any atom is -0.452 e. The second-order valence-electron chi connectivity index (χ2n) is 6.95. The highest BCUT2D eigenvalue weighted by molar-refractivity contribution is 6.01. The number of carbonyl (C=O) groups excluding carboxylic acids is 3. The van der Waals surface area contributed by atoms with Gasteiger partial charge in [0.15, 0.2) is 6.61 Å². The Morgan fingerprint density at radius 2 is 1.69 bits per heavy atom. The molecule has 162 valence electrons. The van der Waals surface area contributed by atoms with E-state index in [0.29, 0.717) is 5.56 Å². The van der Waals surface area contributed by atoms with Crippen LogP contribution < -0.4 is 0 Å². The summed E-state index contributed by atoms with van der Waals surface area (Å²) in [6.45, 7) is -0.0856. The van der Waals surface area contributed by atoms with Crippen LogP contribution in [0.1, 0.15) is 34.7 Å². The van der Waals surface area contributed by atoms with Gasteiger partial charge in [0.05, 0.1) is 17.0 Å². The monoisotopic (exact) mass is 436 g/mol. The summed E-state index contributed by atoms with van der Waals surface area (Å²) in [5, 5.41) is 18.4. The number of nitrogens with zero attached hydrogens (tertiary/aromatic N) is 4. The molecule has 0 aliphatic carbocycles. The van der Waals surface area contributed by atoms with Crippen molar-refractivity contribution in [2.75, 3.05) is 0 Å². The van der Waals surface area contributed by atoms with Crippen LogP contribution in [0.25, 0.3) is 11.5 Å². The summed E-state index contributed by atoms with van der Waals surface area (Å²) in [4.78, 5) is 47.1. The molecule has 0 atom stereocenters. The lowest BCUT2D eigenvalue weighted by atomic mass is 10.1. The van der Waals surface area contributed by atoms with E-state index in [-0.39, 0.29) is 60.8 Å². The molecule has 1 aliphatic heterocycles. The molecule has 0 saturated carbocycles. The lowest BCUT2D eigenvalue weighted by Gasteiger charge is -2.13. The van der Waals surface area contributed by atoms with Crippen molar-refractivity contribution >= 4 is 23.5 Å². The molecule has 0 N–H and O–H groups in total. The number of nitro groups is 1. The van der Waals surface area contributed by atoms with Crippen molar-refractivity contribution < 1.29 is 28.5 Å². The molecule has 11 heteroatoms. The molecular formula is C21H16N4O7. The topological polar surface area (TPSA) is 146 Å². The van der Waals surface area contributed by atoms with Gasteiger partial charge in [0.2, 0.25) is 17.7 Å². The minimum absolute atomic E-state index is 0.0629. The SMILES string of the molecule is O=C(OCc1nnc(-c2ccc([N+](=O)[O-])cc2)o1)c1ccc(CN2C(=O)CCC2=O)cc1. The Bertz CT molecular complexity index is 1170. The zero-order valence-electron chi connectivity index (χ0n) is 16.6. The average Bonchev–Trinajstić information content (AvgIpc) is 3.40. The number of rotatable bonds is 7. The van der Waals surface area contributed by atoms with Crippen molar-refractivity contribution in [1.82, 2.24) is 15.1 Å². The third kappa shape index (κ3) is 4.51. The normalized spacial score (nSPS) is 13.4. The summed E-state index contributed by atoms with van der Waals surface area (Å²) in [7, 11) is 0. The number of nitro benzene ring substituents is 1. The summed E-state index contributed by atoms with van der Waals surface area (Å²) in [6, 6.07) is 12.0. The second kappa shape index (κ2) is 8.76. The number of non-ortho nitro benzene ring substituents is 1. The van der Waals surface area contributed by atoms with Crippen LogP contribution in [-0.2, 0) is 27.5 Å². The molecule has 2 aromatic carbocycles. The van der Waals surface area contributed by atoms with E-state index in [1.54, 1.807) is 24.3 Å². The summed E-state index contributed by atoms with van der Waals surface area (Å²) in [6.07, 6.45) is 0.454. The van der Waals surface area contributed by atoms with Crippen molar-refractivity contribution in [3.8, 4) is 11.5 Å². The Morgan fingerprint density at radius 3 is 2.31 bits per heavy atom. The number of esters is 1. The van der Waals surface area contributed by atoms with E-state index >= 15 is 0 Å². The zero-order chi connectivity index (χ0) is 22.7. The fourth-order valence-corrected chi connectivity index (χ4v) is 3.09. The number of ether oxygens (including phenoxy) is 1. The standard InChI is InChI=1S/C21H16N4O7/c26-18-9-10-19(27)24(18)11-13-1-3-15(4-2-13)21(28)31-12-17-22-23-20(32-17)14-5-7-16(8-6-14)25(29)30/h1-8H,9-12H2. The molecule has 2 amide bonds. The molecule has 11 nitrogen and oxygen atoms in total. The third-order valence-electron chi connectivity index (χ3n) is 4.80. The molecular weight excluding hydrogens is 420 g/mol. The van der Waals surface area contributed by atoms with Crippen LogP contribution in [0.15, 0.2) is 52.9 Å². The molecule has 0 bridgehead atoms. The van der Waals surface area contributed by atoms with Gasteiger partial charge in [0, 0.05) is 30.5 Å². The van der Waals surface area contributed by atoms with Crippen molar-refractivity contribution in [2.45, 2.75) is 26.0 Å². The second-order valence-corrected chi connectivity index (χ2v) is 6.95. The Hall–Kier alpha value is -4.41. The van der Waals surface area contributed by atoms with Gasteiger partial charge in [0.1, 0.15) is 0 Å². The molecule has 1 aromatic heterocycles. The van der Waals surface area contributed by atoms with Crippen LogP contribution in [-0.4, -0.2) is 37.8 Å². The molecule has 1 aliphatic rings. The van der Waals surface area contributed by atoms with Crippen LogP contribution in [0.3, 0.4) is 0 Å². The first-order valence-electron chi connectivity index (χ1n) is 9.57. The maximum absolute atomic E-state index is 12.3. The van der Waals surface area contributed by atoms with E-state index in [2.05, 4.69) is 10.2 Å². The smallest absolute Gasteiger partial charge is 0.338 e. The number of imide groups is 1. The number of hydrogen-bond acceptors (Lipinski definition) is 9. The molecule has 0 unspecified atom stereocenters. The summed E-state index contributed by atoms with van der Waals surface area (Å²) < 4.78 is 10.6. The lowest BCUT2D eigenvalue weighted by molar-refractivity contribution is -0.384. The van der Waals surface area contributed by atoms with Crippen molar-refractivity contribution in [2.24, 2.45) is 0 Å². The van der Waals surface area contributed by atoms with Gasteiger partial charge < -0.3 is 9.15 Å². The van der Waals surface area contributed by atoms with Gasteiger partial charge in [-0.1, -0.05) is 12.1 Å². The van der Waals surface area contributed by atoms with Crippen LogP contribution >= 0.6 is 0 Å². The van der Waals surface area contributed by atoms with E-state index in [9.17, 15) is 24.5 Å². The van der Waals surface area contributed by atoms with Crippen LogP contribution in [0.5, 0.6) is 0 Å². The Morgan fingerprint density at radius 1 is 1.03 bits per heavy atom. The van der Waals surface area contributed by atoms with Gasteiger partial charge in [0.25, 0.3) is 11.6 Å². The van der Waals surface area contributed by atoms with Gasteiger partial charge in [-0.15, -0.1) is 10.2 Å². The maximum atomic E-state index is 12.3. The molecule has 1 fully saturated rings. The van der Waals surface area contributed by atoms with Crippen LogP contribution in [0, 0.1) is 10.1 Å². The number of benzene rings is 2. The van der Waals surface area contributed by atoms with Crippen molar-refractivity contribution in [1.29, 1.82) is 0 Å². The highest BCUT2D eigenvalue weighted by Crippen LogP contribution is 2.22. The lowest BCUT2D eigenvalue weighted by Crippen LogP contribution is -2.28. The molecule has 1 saturated heterocycles. The molecule has 32 heavy (non-hydrogen) atoms. The summed E-state index contributed by atoms with van der Waals surface area (Å²) in [5.41, 5.74) is 1.43. The van der Waals surface area contributed by atoms with Crippen molar-refractivity contribution in [3.05, 3.63) is 75.7 Å². The van der Waals surface area contributed by atoms with E-state index in [1.807, 2.05) is 0 Å². The van der Waals surface area contributed by atoms with Crippen LogP contribution in [0.2, 0.25) is 0 Å². The fourth-order valence-electron chi connectivity index (χ4n) is 3.09. The van der Waals surface area contributed by atoms with Gasteiger partial charge in [-0.3, -0.25) is 24.6 Å². The number of aromatic nitrogens is 2. The largest absolute Gasteiger partial charge is 0.452 e. The van der Waals surface area contributed by atoms with E-state index in [0.717, 1.165) is 5.56 Å². The highest BCUT2D eigenvalue weighted by atomic mass is 16.6. The highest BCUT2D eigenvalue weighted by Gasteiger charge is 2.28. The van der Waals surface area contributed by atoms with Gasteiger partial charge in [-0.25, -0.2) is 4.79 Å². The Labute approximate surface area is 180 Å². The predicted molar refractivity (Wildman–Crippen MR) is 107 cm³/mol. The maximum Gasteiger partial charge on any atom is 0.338 e. The van der Waals surface area contributed by atoms with E-state index < -0.39 is 10.9 Å². The number of hydrogen-bond donors (Lipinski definition) is 0. The first kappa shape index (κ1) is 20.8. The molecule has 0 spiro atoms. The molecule has 2 heterocycles. The third-order valence-corrected chi connectivity index (χ3v) is 4.80. The number of amides is 2. The predicted octanol–water partition coefficient (Wildman–Crippen LogP) is 2.65. The summed E-state index contributed by atoms with van der Waals surface area (Å²) >= 11 is 0. The van der Waals surface area contributed by atoms with Crippen molar-refractivity contribution in [3.63, 3.8) is 0 Å². The molecule has 3 aromatic rings. The first-order chi connectivity index (χ1) is 15.4. The Balaban J connectivity index is 1.33. The Kier molecular flexibility index (Phi) is 5.71. The summed E-state index contributed by atoms with van der Waals surface area (Å²) in [5.74, 6) is -0.812. The van der Waals surface area contributed by atoms with Crippen LogP contribution in [0.4, 0.5) is 5.69 Å². The quantitative estimate of drug-likeness (QED) is 0.236. The first-order valence-corrected chi connectivity index (χ1v) is 9.57. The van der Waals surface area contributed by atoms with Gasteiger partial charge in [-0.05, 0) is 29.8 Å². The molecule has 0 radical (unpaired) electrons. The number of likely N-dealkylation sites (tertiary alicyclic amines) is 1. The number of carbonyl (C=O) groups is 3. The molecule has 4 rings (SSSR count). The fraction of sp³-hybridized carbons (Fsp3) is 0.190. The zero-order valence-corrected chi connectivity index (χ0v) is 16.6. The van der Waals surface area contributed by atoms with E-state index in [1.165, 1.54) is 29.2 Å². The van der Waals surface area contributed by atoms with Gasteiger partial charge in [-0.2, -0.15) is 0 Å².